The Morgan fingerprint density at radius 3 is 2.68 bits per heavy atom. The molecule has 1 atom stereocenters. The van der Waals surface area contributed by atoms with Gasteiger partial charge in [0.15, 0.2) is 10.9 Å². The second-order valence-corrected chi connectivity index (χ2v) is 6.10. The fourth-order valence-electron chi connectivity index (χ4n) is 1.49. The minimum Gasteiger partial charge on any atom is -0.409 e. The van der Waals surface area contributed by atoms with Gasteiger partial charge in [0.25, 0.3) is 10.0 Å². The third-order valence-corrected chi connectivity index (χ3v) is 3.96. The van der Waals surface area contributed by atoms with E-state index in [1.807, 2.05) is 6.92 Å². The van der Waals surface area contributed by atoms with E-state index in [9.17, 15) is 8.42 Å². The van der Waals surface area contributed by atoms with E-state index in [0.717, 1.165) is 0 Å². The van der Waals surface area contributed by atoms with Gasteiger partial charge in [-0.05, 0) is 5.92 Å². The van der Waals surface area contributed by atoms with Gasteiger partial charge in [-0.15, -0.1) is 0 Å². The first kappa shape index (κ1) is 15.4. The van der Waals surface area contributed by atoms with Crippen LogP contribution in [0.25, 0.3) is 0 Å². The predicted octanol–water partition coefficient (Wildman–Crippen LogP) is 0.0214. The van der Waals surface area contributed by atoms with E-state index in [1.54, 1.807) is 13.8 Å². The van der Waals surface area contributed by atoms with Crippen LogP contribution in [-0.2, 0) is 16.4 Å². The minimum atomic E-state index is -3.79. The molecule has 8 nitrogen and oxygen atoms in total. The number of nitrogens with zero attached hydrogens (tertiary/aromatic N) is 2. The molecule has 0 saturated carbocycles. The first-order chi connectivity index (χ1) is 8.81. The van der Waals surface area contributed by atoms with Crippen molar-refractivity contribution in [2.24, 2.45) is 16.8 Å². The van der Waals surface area contributed by atoms with E-state index >= 15 is 0 Å². The van der Waals surface area contributed by atoms with Crippen molar-refractivity contribution in [3.05, 3.63) is 12.0 Å². The van der Waals surface area contributed by atoms with Gasteiger partial charge >= 0.3 is 0 Å². The van der Waals surface area contributed by atoms with Crippen LogP contribution in [0.1, 0.15) is 26.6 Å². The average molecular weight is 289 g/mol. The summed E-state index contributed by atoms with van der Waals surface area (Å²) >= 11 is 0. The molecule has 108 valence electrons. The van der Waals surface area contributed by atoms with Crippen LogP contribution < -0.4 is 10.5 Å². The van der Waals surface area contributed by atoms with Crippen molar-refractivity contribution < 1.29 is 13.6 Å². The second kappa shape index (κ2) is 6.02. The number of aromatic amines is 1. The van der Waals surface area contributed by atoms with Crippen molar-refractivity contribution >= 4 is 15.9 Å². The van der Waals surface area contributed by atoms with Crippen LogP contribution in [0.15, 0.2) is 16.4 Å². The van der Waals surface area contributed by atoms with E-state index in [0.29, 0.717) is 12.2 Å². The minimum absolute atomic E-state index is 0.0410. The molecule has 0 fully saturated rings. The second-order valence-electron chi connectivity index (χ2n) is 4.42. The number of hydrogen-bond acceptors (Lipinski definition) is 5. The maximum absolute atomic E-state index is 12.1. The molecule has 0 aromatic carbocycles. The highest BCUT2D eigenvalue weighted by atomic mass is 32.2. The lowest BCUT2D eigenvalue weighted by Crippen LogP contribution is -2.47. The fourth-order valence-corrected chi connectivity index (χ4v) is 2.79. The zero-order valence-electron chi connectivity index (χ0n) is 11.1. The number of imidazole rings is 1. The van der Waals surface area contributed by atoms with E-state index in [-0.39, 0.29) is 16.8 Å². The van der Waals surface area contributed by atoms with Crippen LogP contribution >= 0.6 is 0 Å². The molecule has 0 spiro atoms. The van der Waals surface area contributed by atoms with Crippen molar-refractivity contribution in [2.75, 3.05) is 0 Å². The Morgan fingerprint density at radius 1 is 1.63 bits per heavy atom. The van der Waals surface area contributed by atoms with Crippen molar-refractivity contribution in [3.63, 3.8) is 0 Å². The topological polar surface area (TPSA) is 133 Å². The Balaban J connectivity index is 3.00. The molecule has 1 aromatic rings. The van der Waals surface area contributed by atoms with Gasteiger partial charge < -0.3 is 15.9 Å². The highest BCUT2D eigenvalue weighted by Gasteiger charge is 2.27. The number of aryl methyl sites for hydroxylation is 1. The van der Waals surface area contributed by atoms with Crippen LogP contribution in [0.4, 0.5) is 0 Å². The Labute approximate surface area is 112 Å². The number of oxime groups is 1. The summed E-state index contributed by atoms with van der Waals surface area (Å²) in [4.78, 5) is 6.63. The Hall–Kier alpha value is -1.61. The Kier molecular flexibility index (Phi) is 4.90. The fraction of sp³-hybridized carbons (Fsp3) is 0.600. The third-order valence-electron chi connectivity index (χ3n) is 2.61. The first-order valence-electron chi connectivity index (χ1n) is 5.85. The zero-order valence-corrected chi connectivity index (χ0v) is 11.9. The number of rotatable bonds is 6. The van der Waals surface area contributed by atoms with E-state index in [1.165, 1.54) is 6.20 Å². The molecule has 1 heterocycles. The molecule has 1 aromatic heterocycles. The van der Waals surface area contributed by atoms with Crippen LogP contribution in [0.2, 0.25) is 0 Å². The molecule has 0 radical (unpaired) electrons. The number of sulfonamides is 1. The standard InChI is InChI=1S/C10H19N5O3S/c1-4-7-12-5-8(13-7)19(17,18)15-9(6(2)3)10(11)14-16/h5-6,9,15-16H,4H2,1-3H3,(H2,11,14)(H,12,13). The van der Waals surface area contributed by atoms with Crippen molar-refractivity contribution in [2.45, 2.75) is 38.3 Å². The van der Waals surface area contributed by atoms with Gasteiger partial charge in [0.05, 0.1) is 12.2 Å². The van der Waals surface area contributed by atoms with Gasteiger partial charge in [0, 0.05) is 6.42 Å². The molecule has 0 aliphatic heterocycles. The monoisotopic (exact) mass is 289 g/mol. The molecule has 1 unspecified atom stereocenters. The molecule has 0 bridgehead atoms. The van der Waals surface area contributed by atoms with E-state index in [4.69, 9.17) is 10.9 Å². The molecule has 1 rings (SSSR count). The molecule has 0 aliphatic rings. The summed E-state index contributed by atoms with van der Waals surface area (Å²) in [6.07, 6.45) is 1.84. The molecular weight excluding hydrogens is 270 g/mol. The number of nitrogens with two attached hydrogens (primary N) is 1. The number of aromatic nitrogens is 2. The SMILES string of the molecule is CCc1ncc(S(=O)(=O)NC(C(N)=NO)C(C)C)[nH]1. The summed E-state index contributed by atoms with van der Waals surface area (Å²) in [5.74, 6) is 0.221. The maximum Gasteiger partial charge on any atom is 0.258 e. The summed E-state index contributed by atoms with van der Waals surface area (Å²) in [5.41, 5.74) is 5.48. The van der Waals surface area contributed by atoms with Crippen molar-refractivity contribution in [1.29, 1.82) is 0 Å². The highest BCUT2D eigenvalue weighted by Crippen LogP contribution is 2.10. The number of H-pyrrole nitrogens is 1. The molecule has 9 heteroatoms. The van der Waals surface area contributed by atoms with Crippen LogP contribution in [-0.4, -0.2) is 35.5 Å². The zero-order chi connectivity index (χ0) is 14.6. The van der Waals surface area contributed by atoms with Crippen molar-refractivity contribution in [3.8, 4) is 0 Å². The normalized spacial score (nSPS) is 14.8. The molecule has 5 N–H and O–H groups in total. The largest absolute Gasteiger partial charge is 0.409 e. The number of amidine groups is 1. The van der Waals surface area contributed by atoms with Gasteiger partial charge in [-0.1, -0.05) is 25.9 Å². The van der Waals surface area contributed by atoms with Crippen LogP contribution in [0.3, 0.4) is 0 Å². The summed E-state index contributed by atoms with van der Waals surface area (Å²) in [6.45, 7) is 5.38. The molecule has 0 aliphatic carbocycles. The lowest BCUT2D eigenvalue weighted by atomic mass is 10.1. The van der Waals surface area contributed by atoms with Crippen LogP contribution in [0, 0.1) is 5.92 Å². The summed E-state index contributed by atoms with van der Waals surface area (Å²) < 4.78 is 26.6. The van der Waals surface area contributed by atoms with Gasteiger partial charge in [0.2, 0.25) is 0 Å². The van der Waals surface area contributed by atoms with Crippen molar-refractivity contribution in [1.82, 2.24) is 14.7 Å². The van der Waals surface area contributed by atoms with Crippen LogP contribution in [0.5, 0.6) is 0 Å². The highest BCUT2D eigenvalue weighted by molar-refractivity contribution is 7.89. The molecular formula is C10H19N5O3S. The lowest BCUT2D eigenvalue weighted by molar-refractivity contribution is 0.313. The number of hydrogen-bond donors (Lipinski definition) is 4. The van der Waals surface area contributed by atoms with Gasteiger partial charge in [0.1, 0.15) is 5.82 Å². The lowest BCUT2D eigenvalue weighted by Gasteiger charge is -2.20. The van der Waals surface area contributed by atoms with Gasteiger partial charge in [-0.3, -0.25) is 0 Å². The van der Waals surface area contributed by atoms with E-state index in [2.05, 4.69) is 19.8 Å². The first-order valence-corrected chi connectivity index (χ1v) is 7.33. The third kappa shape index (κ3) is 3.67. The number of nitrogens with one attached hydrogen (secondary N) is 2. The van der Waals surface area contributed by atoms with E-state index < -0.39 is 16.1 Å². The maximum atomic E-state index is 12.1. The summed E-state index contributed by atoms with van der Waals surface area (Å²) in [6, 6.07) is -0.789. The Morgan fingerprint density at radius 2 is 2.26 bits per heavy atom. The smallest absolute Gasteiger partial charge is 0.258 e. The quantitative estimate of drug-likeness (QED) is 0.253. The molecule has 0 amide bonds. The summed E-state index contributed by atoms with van der Waals surface area (Å²) in [7, 11) is -3.79. The Bertz CT molecular complexity index is 549. The predicted molar refractivity (Wildman–Crippen MR) is 70.3 cm³/mol. The van der Waals surface area contributed by atoms with Gasteiger partial charge in [-0.25, -0.2) is 13.4 Å². The van der Waals surface area contributed by atoms with Gasteiger partial charge in [-0.2, -0.15) is 4.72 Å². The molecule has 0 saturated heterocycles. The average Bonchev–Trinajstić information content (AvgIpc) is 2.84. The molecule has 19 heavy (non-hydrogen) atoms. The summed E-state index contributed by atoms with van der Waals surface area (Å²) in [5, 5.41) is 11.5.